The van der Waals surface area contributed by atoms with Gasteiger partial charge < -0.3 is 0 Å². The summed E-state index contributed by atoms with van der Waals surface area (Å²) in [5.74, 6) is 0. The minimum Gasteiger partial charge on any atom is -0.253 e. The maximum Gasteiger partial charge on any atom is 0.137 e. The van der Waals surface area contributed by atoms with Crippen LogP contribution in [0.15, 0.2) is 36.9 Å². The van der Waals surface area contributed by atoms with Gasteiger partial charge in [0.05, 0.1) is 0 Å². The van der Waals surface area contributed by atoms with Crippen LogP contribution in [0.1, 0.15) is 12.0 Å². The highest BCUT2D eigenvalue weighted by Gasteiger charge is 1.95. The molecule has 0 amide bonds. The van der Waals surface area contributed by atoms with E-state index in [4.69, 9.17) is 11.6 Å². The summed E-state index contributed by atoms with van der Waals surface area (Å²) < 4.78 is 1.84. The van der Waals surface area contributed by atoms with Crippen LogP contribution in [0.5, 0.6) is 0 Å². The van der Waals surface area contributed by atoms with Gasteiger partial charge in [-0.05, 0) is 30.5 Å². The molecule has 1 heterocycles. The molecule has 0 spiro atoms. The summed E-state index contributed by atoms with van der Waals surface area (Å²) in [7, 11) is 0. The van der Waals surface area contributed by atoms with Crippen LogP contribution in [0.4, 0.5) is 0 Å². The normalized spacial score (nSPS) is 10.5. The molecule has 78 valence electrons. The molecule has 0 aliphatic rings. The minimum absolute atomic E-state index is 0.787. The zero-order chi connectivity index (χ0) is 10.5. The van der Waals surface area contributed by atoms with Gasteiger partial charge in [-0.1, -0.05) is 23.7 Å². The molecule has 3 nitrogen and oxygen atoms in total. The van der Waals surface area contributed by atoms with Crippen LogP contribution in [-0.2, 0) is 13.0 Å². The second-order valence-electron chi connectivity index (χ2n) is 3.39. The van der Waals surface area contributed by atoms with Crippen LogP contribution in [0, 0.1) is 0 Å². The summed E-state index contributed by atoms with van der Waals surface area (Å²) in [4.78, 5) is 3.89. The summed E-state index contributed by atoms with van der Waals surface area (Å²) in [5, 5.41) is 4.83. The predicted molar refractivity (Wildman–Crippen MR) is 59.8 cm³/mol. The Kier molecular flexibility index (Phi) is 3.35. The number of hydrogen-bond donors (Lipinski definition) is 0. The van der Waals surface area contributed by atoms with Gasteiger partial charge in [-0.2, -0.15) is 5.10 Å². The Morgan fingerprint density at radius 3 is 2.67 bits per heavy atom. The molecule has 0 aliphatic carbocycles. The van der Waals surface area contributed by atoms with Crippen LogP contribution in [0.3, 0.4) is 0 Å². The Bertz CT molecular complexity index is 394. The lowest BCUT2D eigenvalue weighted by Gasteiger charge is -2.01. The van der Waals surface area contributed by atoms with Gasteiger partial charge in [0.25, 0.3) is 0 Å². The number of aryl methyl sites for hydroxylation is 2. The third-order valence-corrected chi connectivity index (χ3v) is 2.48. The van der Waals surface area contributed by atoms with Crippen molar-refractivity contribution in [2.45, 2.75) is 19.4 Å². The molecule has 0 unspecified atom stereocenters. The first-order valence-corrected chi connectivity index (χ1v) is 5.29. The fourth-order valence-corrected chi connectivity index (χ4v) is 1.57. The molecule has 0 radical (unpaired) electrons. The van der Waals surface area contributed by atoms with E-state index >= 15 is 0 Å². The topological polar surface area (TPSA) is 30.7 Å². The van der Waals surface area contributed by atoms with E-state index in [9.17, 15) is 0 Å². The maximum atomic E-state index is 5.80. The molecule has 0 bridgehead atoms. The molecule has 4 heteroatoms. The van der Waals surface area contributed by atoms with E-state index in [1.165, 1.54) is 5.56 Å². The molecule has 2 aromatic rings. The highest BCUT2D eigenvalue weighted by atomic mass is 35.5. The first-order chi connectivity index (χ1) is 7.34. The van der Waals surface area contributed by atoms with Crippen LogP contribution < -0.4 is 0 Å². The SMILES string of the molecule is Clc1ccc(CCCn2cncn2)cc1. The molecule has 0 N–H and O–H groups in total. The van der Waals surface area contributed by atoms with E-state index in [-0.39, 0.29) is 0 Å². The summed E-state index contributed by atoms with van der Waals surface area (Å²) in [5.41, 5.74) is 1.31. The van der Waals surface area contributed by atoms with Gasteiger partial charge in [-0.3, -0.25) is 4.68 Å². The van der Waals surface area contributed by atoms with Crippen LogP contribution in [-0.4, -0.2) is 14.8 Å². The van der Waals surface area contributed by atoms with Crippen molar-refractivity contribution in [1.29, 1.82) is 0 Å². The molecule has 0 saturated carbocycles. The van der Waals surface area contributed by atoms with E-state index < -0.39 is 0 Å². The molecular weight excluding hydrogens is 210 g/mol. The van der Waals surface area contributed by atoms with Crippen molar-refractivity contribution in [3.63, 3.8) is 0 Å². The molecule has 15 heavy (non-hydrogen) atoms. The van der Waals surface area contributed by atoms with Gasteiger partial charge in [0.1, 0.15) is 12.7 Å². The molecule has 1 aromatic heterocycles. The Hall–Kier alpha value is -1.35. The van der Waals surface area contributed by atoms with Gasteiger partial charge >= 0.3 is 0 Å². The van der Waals surface area contributed by atoms with E-state index in [1.807, 2.05) is 16.8 Å². The minimum atomic E-state index is 0.787. The molecule has 2 rings (SSSR count). The third kappa shape index (κ3) is 3.06. The number of nitrogens with zero attached hydrogens (tertiary/aromatic N) is 3. The van der Waals surface area contributed by atoms with Gasteiger partial charge in [-0.15, -0.1) is 0 Å². The predicted octanol–water partition coefficient (Wildman–Crippen LogP) is 2.56. The maximum absolute atomic E-state index is 5.80. The highest BCUT2D eigenvalue weighted by Crippen LogP contribution is 2.11. The zero-order valence-electron chi connectivity index (χ0n) is 8.31. The summed E-state index contributed by atoms with van der Waals surface area (Å²) in [6.07, 6.45) is 5.40. The Morgan fingerprint density at radius 1 is 1.20 bits per heavy atom. The fraction of sp³-hybridized carbons (Fsp3) is 0.273. The van der Waals surface area contributed by atoms with Crippen molar-refractivity contribution in [2.75, 3.05) is 0 Å². The van der Waals surface area contributed by atoms with Gasteiger partial charge in [0, 0.05) is 11.6 Å². The quantitative estimate of drug-likeness (QED) is 0.795. The van der Waals surface area contributed by atoms with E-state index in [0.717, 1.165) is 24.4 Å². The second kappa shape index (κ2) is 4.94. The summed E-state index contributed by atoms with van der Waals surface area (Å²) in [6, 6.07) is 7.96. The Morgan fingerprint density at radius 2 is 2.00 bits per heavy atom. The molecular formula is C11H12ClN3. The lowest BCUT2D eigenvalue weighted by Crippen LogP contribution is -1.99. The van der Waals surface area contributed by atoms with E-state index in [2.05, 4.69) is 22.2 Å². The molecule has 0 saturated heterocycles. The number of halogens is 1. The molecule has 1 aromatic carbocycles. The summed E-state index contributed by atoms with van der Waals surface area (Å²) in [6.45, 7) is 0.905. The number of benzene rings is 1. The number of aromatic nitrogens is 3. The van der Waals surface area contributed by atoms with Crippen molar-refractivity contribution < 1.29 is 0 Å². The average Bonchev–Trinajstić information content (AvgIpc) is 2.74. The van der Waals surface area contributed by atoms with E-state index in [1.54, 1.807) is 12.7 Å². The smallest absolute Gasteiger partial charge is 0.137 e. The second-order valence-corrected chi connectivity index (χ2v) is 3.83. The Balaban J connectivity index is 1.81. The van der Waals surface area contributed by atoms with Crippen molar-refractivity contribution in [3.8, 4) is 0 Å². The van der Waals surface area contributed by atoms with Gasteiger partial charge in [0.15, 0.2) is 0 Å². The largest absolute Gasteiger partial charge is 0.253 e. The molecule has 0 fully saturated rings. The fourth-order valence-electron chi connectivity index (χ4n) is 1.44. The summed E-state index contributed by atoms with van der Waals surface area (Å²) >= 11 is 5.80. The Labute approximate surface area is 93.7 Å². The lowest BCUT2D eigenvalue weighted by molar-refractivity contribution is 0.577. The highest BCUT2D eigenvalue weighted by molar-refractivity contribution is 6.30. The van der Waals surface area contributed by atoms with Gasteiger partial charge in [-0.25, -0.2) is 4.98 Å². The van der Waals surface area contributed by atoms with Crippen molar-refractivity contribution in [3.05, 3.63) is 47.5 Å². The standard InChI is InChI=1S/C11H12ClN3/c12-11-5-3-10(4-6-11)2-1-7-15-9-13-8-14-15/h3-6,8-9H,1-2,7H2. The molecule has 0 atom stereocenters. The van der Waals surface area contributed by atoms with Crippen molar-refractivity contribution >= 4 is 11.6 Å². The van der Waals surface area contributed by atoms with Crippen LogP contribution in [0.25, 0.3) is 0 Å². The monoisotopic (exact) mass is 221 g/mol. The van der Waals surface area contributed by atoms with Crippen LogP contribution in [0.2, 0.25) is 5.02 Å². The van der Waals surface area contributed by atoms with Crippen molar-refractivity contribution in [2.24, 2.45) is 0 Å². The average molecular weight is 222 g/mol. The van der Waals surface area contributed by atoms with E-state index in [0.29, 0.717) is 0 Å². The van der Waals surface area contributed by atoms with Crippen molar-refractivity contribution in [1.82, 2.24) is 14.8 Å². The number of hydrogen-bond acceptors (Lipinski definition) is 2. The first kappa shape index (κ1) is 10.2. The number of rotatable bonds is 4. The van der Waals surface area contributed by atoms with Crippen LogP contribution >= 0.6 is 11.6 Å². The zero-order valence-corrected chi connectivity index (χ0v) is 9.06. The lowest BCUT2D eigenvalue weighted by atomic mass is 10.1. The first-order valence-electron chi connectivity index (χ1n) is 4.91. The van der Waals surface area contributed by atoms with Gasteiger partial charge in [0.2, 0.25) is 0 Å². The third-order valence-electron chi connectivity index (χ3n) is 2.23. The molecule has 0 aliphatic heterocycles.